The highest BCUT2D eigenvalue weighted by Crippen LogP contribution is 2.30. The molecule has 1 heterocycles. The van der Waals surface area contributed by atoms with Gasteiger partial charge >= 0.3 is 0 Å². The second kappa shape index (κ2) is 5.53. The van der Waals surface area contributed by atoms with Gasteiger partial charge in [0, 0.05) is 12.3 Å². The molecule has 1 fully saturated rings. The Morgan fingerprint density at radius 1 is 1.44 bits per heavy atom. The van der Waals surface area contributed by atoms with Crippen LogP contribution in [0.5, 0.6) is 5.75 Å². The van der Waals surface area contributed by atoms with Gasteiger partial charge in [0.05, 0.1) is 0 Å². The highest BCUT2D eigenvalue weighted by Gasteiger charge is 2.25. The van der Waals surface area contributed by atoms with Crippen LogP contribution in [0.4, 0.5) is 0 Å². The zero-order chi connectivity index (χ0) is 11.4. The average molecular weight is 240 g/mol. The zero-order valence-electron chi connectivity index (χ0n) is 9.66. The minimum absolute atomic E-state index is 0.359. The lowest BCUT2D eigenvalue weighted by atomic mass is 9.85. The standard InChI is InChI=1S/C13H18ClNO/c1-2-10-5-3-4-6-12(10)16-11-7-8-15-13(14)9-11/h7-10,12H,2-6H2,1H3. The molecule has 1 aliphatic rings. The molecular weight excluding hydrogens is 222 g/mol. The third kappa shape index (κ3) is 2.88. The van der Waals surface area contributed by atoms with E-state index in [2.05, 4.69) is 11.9 Å². The first-order valence-electron chi connectivity index (χ1n) is 6.08. The summed E-state index contributed by atoms with van der Waals surface area (Å²) >= 11 is 5.84. The van der Waals surface area contributed by atoms with Gasteiger partial charge in [0.1, 0.15) is 17.0 Å². The minimum atomic E-state index is 0.359. The molecule has 2 unspecified atom stereocenters. The maximum Gasteiger partial charge on any atom is 0.132 e. The van der Waals surface area contributed by atoms with Crippen molar-refractivity contribution in [2.75, 3.05) is 0 Å². The van der Waals surface area contributed by atoms with Gasteiger partial charge in [-0.15, -0.1) is 0 Å². The Bertz CT molecular complexity index is 342. The third-order valence-corrected chi connectivity index (χ3v) is 3.56. The van der Waals surface area contributed by atoms with E-state index in [0.29, 0.717) is 17.2 Å². The van der Waals surface area contributed by atoms with Gasteiger partial charge in [-0.1, -0.05) is 24.9 Å². The predicted octanol–water partition coefficient (Wildman–Crippen LogP) is 4.08. The van der Waals surface area contributed by atoms with E-state index in [0.717, 1.165) is 5.75 Å². The van der Waals surface area contributed by atoms with E-state index in [1.807, 2.05) is 6.07 Å². The highest BCUT2D eigenvalue weighted by atomic mass is 35.5. The Balaban J connectivity index is 2.02. The number of hydrogen-bond acceptors (Lipinski definition) is 2. The van der Waals surface area contributed by atoms with Gasteiger partial charge in [0.25, 0.3) is 0 Å². The molecule has 1 saturated carbocycles. The lowest BCUT2D eigenvalue weighted by Crippen LogP contribution is -2.29. The summed E-state index contributed by atoms with van der Waals surface area (Å²) in [5.74, 6) is 1.55. The zero-order valence-corrected chi connectivity index (χ0v) is 10.4. The van der Waals surface area contributed by atoms with Crippen LogP contribution in [-0.2, 0) is 0 Å². The van der Waals surface area contributed by atoms with Crippen molar-refractivity contribution < 1.29 is 4.74 Å². The summed E-state index contributed by atoms with van der Waals surface area (Å²) in [6.07, 6.45) is 8.33. The van der Waals surface area contributed by atoms with Crippen LogP contribution in [0.15, 0.2) is 18.3 Å². The third-order valence-electron chi connectivity index (χ3n) is 3.35. The van der Waals surface area contributed by atoms with Crippen LogP contribution in [0.25, 0.3) is 0 Å². The molecule has 0 saturated heterocycles. The summed E-state index contributed by atoms with van der Waals surface area (Å²) < 4.78 is 6.02. The largest absolute Gasteiger partial charge is 0.490 e. The molecule has 2 rings (SSSR count). The van der Waals surface area contributed by atoms with Gasteiger partial charge in [-0.2, -0.15) is 0 Å². The van der Waals surface area contributed by atoms with Crippen LogP contribution < -0.4 is 4.74 Å². The molecule has 0 amide bonds. The van der Waals surface area contributed by atoms with Crippen molar-refractivity contribution in [3.8, 4) is 5.75 Å². The Hall–Kier alpha value is -0.760. The van der Waals surface area contributed by atoms with Crippen molar-refractivity contribution in [1.29, 1.82) is 0 Å². The number of nitrogens with zero attached hydrogens (tertiary/aromatic N) is 1. The molecule has 1 aliphatic carbocycles. The summed E-state index contributed by atoms with van der Waals surface area (Å²) in [4.78, 5) is 3.96. The van der Waals surface area contributed by atoms with E-state index < -0.39 is 0 Å². The molecule has 0 bridgehead atoms. The molecule has 0 aliphatic heterocycles. The van der Waals surface area contributed by atoms with Crippen LogP contribution in [-0.4, -0.2) is 11.1 Å². The minimum Gasteiger partial charge on any atom is -0.490 e. The fourth-order valence-corrected chi connectivity index (χ4v) is 2.59. The van der Waals surface area contributed by atoms with Crippen LogP contribution in [0.1, 0.15) is 39.0 Å². The maximum atomic E-state index is 6.02. The van der Waals surface area contributed by atoms with Crippen molar-refractivity contribution in [1.82, 2.24) is 4.98 Å². The average Bonchev–Trinajstić information content (AvgIpc) is 2.30. The molecule has 2 atom stereocenters. The van der Waals surface area contributed by atoms with Crippen molar-refractivity contribution in [3.63, 3.8) is 0 Å². The van der Waals surface area contributed by atoms with Crippen molar-refractivity contribution >= 4 is 11.6 Å². The summed E-state index contributed by atoms with van der Waals surface area (Å²) in [6.45, 7) is 2.24. The number of ether oxygens (including phenoxy) is 1. The fraction of sp³-hybridized carbons (Fsp3) is 0.615. The molecule has 1 aromatic heterocycles. The quantitative estimate of drug-likeness (QED) is 0.742. The highest BCUT2D eigenvalue weighted by molar-refractivity contribution is 6.29. The number of hydrogen-bond donors (Lipinski definition) is 0. The lowest BCUT2D eigenvalue weighted by molar-refractivity contribution is 0.0903. The number of rotatable bonds is 3. The van der Waals surface area contributed by atoms with E-state index >= 15 is 0 Å². The summed E-state index contributed by atoms with van der Waals surface area (Å²) in [6, 6.07) is 3.68. The van der Waals surface area contributed by atoms with Gasteiger partial charge in [-0.25, -0.2) is 4.98 Å². The second-order valence-electron chi connectivity index (χ2n) is 4.42. The Kier molecular flexibility index (Phi) is 4.05. The van der Waals surface area contributed by atoms with E-state index in [4.69, 9.17) is 16.3 Å². The SMILES string of the molecule is CCC1CCCCC1Oc1ccnc(Cl)c1. The van der Waals surface area contributed by atoms with E-state index in [1.54, 1.807) is 12.3 Å². The number of halogens is 1. The monoisotopic (exact) mass is 239 g/mol. The van der Waals surface area contributed by atoms with Gasteiger partial charge in [0.2, 0.25) is 0 Å². The van der Waals surface area contributed by atoms with Gasteiger partial charge in [0.15, 0.2) is 0 Å². The van der Waals surface area contributed by atoms with Crippen LogP contribution in [0.2, 0.25) is 5.15 Å². The second-order valence-corrected chi connectivity index (χ2v) is 4.81. The van der Waals surface area contributed by atoms with Crippen LogP contribution in [0, 0.1) is 5.92 Å². The number of pyridine rings is 1. The van der Waals surface area contributed by atoms with Crippen LogP contribution in [0.3, 0.4) is 0 Å². The lowest BCUT2D eigenvalue weighted by Gasteiger charge is -2.31. The summed E-state index contributed by atoms with van der Waals surface area (Å²) in [7, 11) is 0. The van der Waals surface area contributed by atoms with E-state index in [9.17, 15) is 0 Å². The first kappa shape index (κ1) is 11.7. The molecule has 2 nitrogen and oxygen atoms in total. The Labute approximate surface area is 102 Å². The predicted molar refractivity (Wildman–Crippen MR) is 65.9 cm³/mol. The molecule has 16 heavy (non-hydrogen) atoms. The van der Waals surface area contributed by atoms with Crippen LogP contribution >= 0.6 is 11.6 Å². The fourth-order valence-electron chi connectivity index (χ4n) is 2.43. The normalized spacial score (nSPS) is 25.4. The molecule has 88 valence electrons. The molecule has 0 spiro atoms. The van der Waals surface area contributed by atoms with E-state index in [-0.39, 0.29) is 0 Å². The molecule has 3 heteroatoms. The van der Waals surface area contributed by atoms with E-state index in [1.165, 1.54) is 32.1 Å². The van der Waals surface area contributed by atoms with Gasteiger partial charge < -0.3 is 4.74 Å². The molecule has 0 radical (unpaired) electrons. The first-order valence-corrected chi connectivity index (χ1v) is 6.45. The molecule has 1 aromatic rings. The van der Waals surface area contributed by atoms with Crippen molar-refractivity contribution in [2.45, 2.75) is 45.1 Å². The maximum absolute atomic E-state index is 6.02. The van der Waals surface area contributed by atoms with Gasteiger partial charge in [-0.05, 0) is 37.7 Å². The van der Waals surface area contributed by atoms with Crippen molar-refractivity contribution in [2.24, 2.45) is 5.92 Å². The smallest absolute Gasteiger partial charge is 0.132 e. The topological polar surface area (TPSA) is 22.1 Å². The van der Waals surface area contributed by atoms with Gasteiger partial charge in [-0.3, -0.25) is 0 Å². The first-order chi connectivity index (χ1) is 7.79. The summed E-state index contributed by atoms with van der Waals surface area (Å²) in [5, 5.41) is 0.501. The van der Waals surface area contributed by atoms with Crippen molar-refractivity contribution in [3.05, 3.63) is 23.5 Å². The molecular formula is C13H18ClNO. The summed E-state index contributed by atoms with van der Waals surface area (Å²) in [5.41, 5.74) is 0. The Morgan fingerprint density at radius 2 is 2.25 bits per heavy atom. The number of aromatic nitrogens is 1. The molecule has 0 aromatic carbocycles. The Morgan fingerprint density at radius 3 is 3.00 bits per heavy atom. The molecule has 0 N–H and O–H groups in total.